The van der Waals surface area contributed by atoms with Crippen LogP contribution in [0.5, 0.6) is 0 Å². The van der Waals surface area contributed by atoms with Gasteiger partial charge in [0.2, 0.25) is 5.91 Å². The molecule has 24 heavy (non-hydrogen) atoms. The summed E-state index contributed by atoms with van der Waals surface area (Å²) in [6, 6.07) is 0. The number of hydrogen-bond acceptors (Lipinski definition) is 4. The molecule has 0 saturated carbocycles. The molecule has 2 aromatic rings. The third kappa shape index (κ3) is 3.24. The van der Waals surface area contributed by atoms with E-state index >= 15 is 0 Å². The highest BCUT2D eigenvalue weighted by Crippen LogP contribution is 2.41. The van der Waals surface area contributed by atoms with Gasteiger partial charge in [-0.3, -0.25) is 9.59 Å². The second-order valence-corrected chi connectivity index (χ2v) is 8.76. The molecule has 1 amide bonds. The summed E-state index contributed by atoms with van der Waals surface area (Å²) in [5.74, 6) is 1.20. The lowest BCUT2D eigenvalue weighted by molar-refractivity contribution is -0.120. The van der Waals surface area contributed by atoms with E-state index in [2.05, 4.69) is 36.1 Å². The fourth-order valence-electron chi connectivity index (χ4n) is 3.44. The van der Waals surface area contributed by atoms with Crippen LogP contribution in [0, 0.1) is 11.3 Å². The first-order chi connectivity index (χ1) is 11.3. The number of nitrogens with one attached hydrogen (secondary N) is 2. The van der Waals surface area contributed by atoms with Crippen LogP contribution in [-0.2, 0) is 24.1 Å². The zero-order valence-corrected chi connectivity index (χ0v) is 15.6. The third-order valence-electron chi connectivity index (χ3n) is 5.06. The van der Waals surface area contributed by atoms with Gasteiger partial charge in [-0.05, 0) is 36.2 Å². The number of aryl methyl sites for hydroxylation is 2. The van der Waals surface area contributed by atoms with Gasteiger partial charge >= 0.3 is 0 Å². The lowest BCUT2D eigenvalue weighted by Gasteiger charge is -2.33. The largest absolute Gasteiger partial charge is 0.359 e. The van der Waals surface area contributed by atoms with E-state index in [-0.39, 0.29) is 16.9 Å². The average Bonchev–Trinajstić information content (AvgIpc) is 2.89. The number of carbonyl (C=O) groups is 1. The topological polar surface area (TPSA) is 74.8 Å². The normalized spacial score (nSPS) is 17.8. The molecule has 2 heterocycles. The lowest BCUT2D eigenvalue weighted by Crippen LogP contribution is -2.26. The zero-order valence-electron chi connectivity index (χ0n) is 14.8. The van der Waals surface area contributed by atoms with Gasteiger partial charge in [0.1, 0.15) is 10.7 Å². The molecule has 0 aromatic carbocycles. The predicted octanol–water partition coefficient (Wildman–Crippen LogP) is 2.81. The number of fused-ring (bicyclic) bond motifs is 3. The zero-order chi connectivity index (χ0) is 17.5. The monoisotopic (exact) mass is 347 g/mol. The predicted molar refractivity (Wildman–Crippen MR) is 97.6 cm³/mol. The number of aromatic amines is 1. The van der Waals surface area contributed by atoms with Gasteiger partial charge in [0.05, 0.1) is 5.39 Å². The van der Waals surface area contributed by atoms with Crippen molar-refractivity contribution >= 4 is 27.5 Å². The molecule has 0 saturated heterocycles. The van der Waals surface area contributed by atoms with E-state index in [1.807, 2.05) is 0 Å². The number of H-pyrrole nitrogens is 1. The smallest absolute Gasteiger partial charge is 0.259 e. The van der Waals surface area contributed by atoms with Gasteiger partial charge in [0, 0.05) is 24.8 Å². The van der Waals surface area contributed by atoms with E-state index < -0.39 is 0 Å². The third-order valence-corrected chi connectivity index (χ3v) is 6.21. The fraction of sp³-hybridized carbons (Fsp3) is 0.611. The Morgan fingerprint density at radius 2 is 2.17 bits per heavy atom. The van der Waals surface area contributed by atoms with Crippen molar-refractivity contribution in [1.82, 2.24) is 15.3 Å². The lowest BCUT2D eigenvalue weighted by atomic mass is 9.72. The first-order valence-corrected chi connectivity index (χ1v) is 9.35. The molecular formula is C18H25N3O2S. The van der Waals surface area contributed by atoms with Crippen LogP contribution in [0.3, 0.4) is 0 Å². The molecule has 0 unspecified atom stereocenters. The molecule has 2 aromatic heterocycles. The summed E-state index contributed by atoms with van der Waals surface area (Å²) in [6.07, 6.45) is 3.91. The summed E-state index contributed by atoms with van der Waals surface area (Å²) < 4.78 is 0. The van der Waals surface area contributed by atoms with Crippen LogP contribution in [-0.4, -0.2) is 22.9 Å². The van der Waals surface area contributed by atoms with Crippen LogP contribution in [0.4, 0.5) is 0 Å². The highest BCUT2D eigenvalue weighted by Gasteiger charge is 2.31. The summed E-state index contributed by atoms with van der Waals surface area (Å²) in [7, 11) is 1.61. The van der Waals surface area contributed by atoms with Crippen molar-refractivity contribution in [1.29, 1.82) is 0 Å². The van der Waals surface area contributed by atoms with Crippen molar-refractivity contribution in [2.75, 3.05) is 7.05 Å². The van der Waals surface area contributed by atoms with Gasteiger partial charge in [0.15, 0.2) is 0 Å². The summed E-state index contributed by atoms with van der Waals surface area (Å²) in [4.78, 5) is 33.6. The summed E-state index contributed by atoms with van der Waals surface area (Å²) in [5, 5.41) is 3.36. The van der Waals surface area contributed by atoms with Crippen molar-refractivity contribution in [2.45, 2.75) is 52.9 Å². The number of thiophene rings is 1. The maximum Gasteiger partial charge on any atom is 0.259 e. The Balaban J connectivity index is 1.93. The van der Waals surface area contributed by atoms with E-state index in [0.29, 0.717) is 24.6 Å². The highest BCUT2D eigenvalue weighted by atomic mass is 32.1. The Labute approximate surface area is 145 Å². The van der Waals surface area contributed by atoms with E-state index in [9.17, 15) is 9.59 Å². The molecule has 130 valence electrons. The number of hydrogen-bond donors (Lipinski definition) is 2. The van der Waals surface area contributed by atoms with Crippen molar-refractivity contribution in [3.05, 3.63) is 26.6 Å². The minimum absolute atomic E-state index is 0.0451. The number of nitrogens with zero attached hydrogens (tertiary/aromatic N) is 1. The average molecular weight is 347 g/mol. The number of amides is 1. The standard InChI is InChI=1S/C18H25N3O2S/c1-18(2,3)10-5-6-11-12(9-10)24-17-15(11)16(23)20-13(21-17)7-8-14(22)19-4/h10H,5-9H2,1-4H3,(H,19,22)(H,20,21,23)/t10-/m1/s1. The quantitative estimate of drug-likeness (QED) is 0.896. The van der Waals surface area contributed by atoms with Gasteiger partial charge in [-0.2, -0.15) is 0 Å². The van der Waals surface area contributed by atoms with E-state index in [1.54, 1.807) is 18.4 Å². The molecule has 0 bridgehead atoms. The molecule has 3 rings (SSSR count). The molecule has 5 nitrogen and oxygen atoms in total. The molecule has 0 spiro atoms. The van der Waals surface area contributed by atoms with Crippen LogP contribution < -0.4 is 10.9 Å². The van der Waals surface area contributed by atoms with Gasteiger partial charge in [-0.25, -0.2) is 4.98 Å². The van der Waals surface area contributed by atoms with Gasteiger partial charge < -0.3 is 10.3 Å². The van der Waals surface area contributed by atoms with Crippen molar-refractivity contribution in [3.63, 3.8) is 0 Å². The van der Waals surface area contributed by atoms with Crippen LogP contribution in [0.15, 0.2) is 4.79 Å². The molecule has 2 N–H and O–H groups in total. The van der Waals surface area contributed by atoms with E-state index in [4.69, 9.17) is 0 Å². The van der Waals surface area contributed by atoms with Crippen LogP contribution >= 0.6 is 11.3 Å². The van der Waals surface area contributed by atoms with Crippen molar-refractivity contribution < 1.29 is 4.79 Å². The molecule has 1 aliphatic carbocycles. The molecule has 6 heteroatoms. The summed E-state index contributed by atoms with van der Waals surface area (Å²) in [6.45, 7) is 6.87. The summed E-state index contributed by atoms with van der Waals surface area (Å²) in [5.41, 5.74) is 1.42. The number of carbonyl (C=O) groups excluding carboxylic acids is 1. The van der Waals surface area contributed by atoms with Crippen LogP contribution in [0.25, 0.3) is 10.2 Å². The molecular weight excluding hydrogens is 322 g/mol. The SMILES string of the molecule is CNC(=O)CCc1nc2sc3c(c2c(=O)[nH]1)CC[C@@H](C(C)(C)C)C3. The van der Waals surface area contributed by atoms with Crippen LogP contribution in [0.2, 0.25) is 0 Å². The van der Waals surface area contributed by atoms with Gasteiger partial charge in [-0.15, -0.1) is 11.3 Å². The highest BCUT2D eigenvalue weighted by molar-refractivity contribution is 7.18. The fourth-order valence-corrected chi connectivity index (χ4v) is 4.76. The maximum absolute atomic E-state index is 12.5. The van der Waals surface area contributed by atoms with Gasteiger partial charge in [-0.1, -0.05) is 20.8 Å². The molecule has 0 fully saturated rings. The molecule has 0 aliphatic heterocycles. The first-order valence-electron chi connectivity index (χ1n) is 8.53. The maximum atomic E-state index is 12.5. The molecule has 1 atom stereocenters. The van der Waals surface area contributed by atoms with Gasteiger partial charge in [0.25, 0.3) is 5.56 Å². The Morgan fingerprint density at radius 3 is 2.83 bits per heavy atom. The Bertz CT molecular complexity index is 829. The van der Waals surface area contributed by atoms with E-state index in [0.717, 1.165) is 29.5 Å². The summed E-state index contributed by atoms with van der Waals surface area (Å²) >= 11 is 1.66. The number of rotatable bonds is 3. The molecule has 0 radical (unpaired) electrons. The molecule has 1 aliphatic rings. The number of aromatic nitrogens is 2. The van der Waals surface area contributed by atoms with E-state index in [1.165, 1.54) is 10.4 Å². The Kier molecular flexibility index (Phi) is 4.51. The van der Waals surface area contributed by atoms with Crippen LogP contribution in [0.1, 0.15) is 49.9 Å². The Morgan fingerprint density at radius 1 is 1.42 bits per heavy atom. The minimum Gasteiger partial charge on any atom is -0.359 e. The Hall–Kier alpha value is -1.69. The van der Waals surface area contributed by atoms with Crippen molar-refractivity contribution in [2.24, 2.45) is 11.3 Å². The minimum atomic E-state index is -0.0568. The van der Waals surface area contributed by atoms with Crippen molar-refractivity contribution in [3.8, 4) is 0 Å². The second kappa shape index (κ2) is 6.31. The second-order valence-electron chi connectivity index (χ2n) is 7.68. The first kappa shape index (κ1) is 17.1.